The fourth-order valence-electron chi connectivity index (χ4n) is 2.60. The smallest absolute Gasteiger partial charge is 0.225 e. The van der Waals surface area contributed by atoms with Crippen LogP contribution in [0.2, 0.25) is 0 Å². The summed E-state index contributed by atoms with van der Waals surface area (Å²) >= 11 is 4.96. The summed E-state index contributed by atoms with van der Waals surface area (Å²) in [6, 6.07) is 15.5. The molecule has 0 spiro atoms. The van der Waals surface area contributed by atoms with Gasteiger partial charge in [0.1, 0.15) is 11.3 Å². The number of thioether (sulfide) groups is 1. The van der Waals surface area contributed by atoms with Crippen LogP contribution in [0.1, 0.15) is 12.0 Å². The van der Waals surface area contributed by atoms with Crippen molar-refractivity contribution in [3.05, 3.63) is 58.6 Å². The van der Waals surface area contributed by atoms with Gasteiger partial charge in [0.2, 0.25) is 5.91 Å². The van der Waals surface area contributed by atoms with Crippen molar-refractivity contribution in [2.24, 2.45) is 0 Å². The number of pyridine rings is 1. The Balaban J connectivity index is 1.62. The minimum absolute atomic E-state index is 0.00471. The Morgan fingerprint density at radius 1 is 1.23 bits per heavy atom. The van der Waals surface area contributed by atoms with Crippen LogP contribution in [0, 0.1) is 6.92 Å². The number of aryl methyl sites for hydroxylation is 1. The number of halogens is 1. The summed E-state index contributed by atoms with van der Waals surface area (Å²) in [5.74, 6) is 1.42. The maximum atomic E-state index is 12.1. The van der Waals surface area contributed by atoms with Crippen molar-refractivity contribution < 1.29 is 9.53 Å². The Morgan fingerprint density at radius 3 is 2.73 bits per heavy atom. The second kappa shape index (κ2) is 8.56. The maximum Gasteiger partial charge on any atom is 0.225 e. The molecule has 3 aromatic rings. The molecule has 0 fully saturated rings. The summed E-state index contributed by atoms with van der Waals surface area (Å²) in [6.45, 7) is 2.06. The van der Waals surface area contributed by atoms with E-state index < -0.39 is 0 Å². The highest BCUT2D eigenvalue weighted by Gasteiger charge is 2.09. The highest BCUT2D eigenvalue weighted by atomic mass is 79.9. The van der Waals surface area contributed by atoms with Crippen LogP contribution >= 0.6 is 27.7 Å². The van der Waals surface area contributed by atoms with Gasteiger partial charge in [0.15, 0.2) is 0 Å². The number of fused-ring (bicyclic) bond motifs is 1. The molecule has 1 amide bonds. The van der Waals surface area contributed by atoms with Crippen molar-refractivity contribution in [1.82, 2.24) is 4.98 Å². The number of amides is 1. The molecule has 1 N–H and O–H groups in total. The van der Waals surface area contributed by atoms with Crippen molar-refractivity contribution in [2.45, 2.75) is 18.4 Å². The number of hydrogen-bond donors (Lipinski definition) is 1. The molecule has 1 aromatic heterocycles. The molecule has 1 heterocycles. The molecule has 0 radical (unpaired) electrons. The highest BCUT2D eigenvalue weighted by Crippen LogP contribution is 2.29. The zero-order valence-corrected chi connectivity index (χ0v) is 17.0. The highest BCUT2D eigenvalue weighted by molar-refractivity contribution is 9.10. The van der Waals surface area contributed by atoms with E-state index in [0.717, 1.165) is 37.4 Å². The summed E-state index contributed by atoms with van der Waals surface area (Å²) in [7, 11) is 1.65. The molecule has 2 aromatic carbocycles. The number of benzene rings is 2. The lowest BCUT2D eigenvalue weighted by molar-refractivity contribution is -0.115. The lowest BCUT2D eigenvalue weighted by atomic mass is 10.1. The number of nitrogens with zero attached hydrogens (tertiary/aromatic N) is 1. The van der Waals surface area contributed by atoms with Gasteiger partial charge in [0, 0.05) is 27.7 Å². The number of para-hydroxylation sites is 1. The number of methoxy groups -OCH3 is 1. The quantitative estimate of drug-likeness (QED) is 0.529. The Bertz CT molecular complexity index is 929. The van der Waals surface area contributed by atoms with Gasteiger partial charge in [-0.2, -0.15) is 0 Å². The molecular weight excluding hydrogens is 412 g/mol. The van der Waals surface area contributed by atoms with Crippen LogP contribution in [0.3, 0.4) is 0 Å². The Labute approximate surface area is 165 Å². The molecule has 0 bridgehead atoms. The van der Waals surface area contributed by atoms with E-state index in [9.17, 15) is 4.79 Å². The summed E-state index contributed by atoms with van der Waals surface area (Å²) in [5.41, 5.74) is 2.81. The first-order valence-electron chi connectivity index (χ1n) is 8.19. The zero-order chi connectivity index (χ0) is 18.5. The van der Waals surface area contributed by atoms with Gasteiger partial charge >= 0.3 is 0 Å². The summed E-state index contributed by atoms with van der Waals surface area (Å²) in [4.78, 5) is 16.8. The van der Waals surface area contributed by atoms with E-state index in [0.29, 0.717) is 12.2 Å². The predicted molar refractivity (Wildman–Crippen MR) is 111 cm³/mol. The van der Waals surface area contributed by atoms with E-state index in [1.165, 1.54) is 0 Å². The van der Waals surface area contributed by atoms with Gasteiger partial charge in [0.05, 0.1) is 12.1 Å². The summed E-state index contributed by atoms with van der Waals surface area (Å²) < 4.78 is 6.40. The van der Waals surface area contributed by atoms with Crippen LogP contribution < -0.4 is 10.1 Å². The first kappa shape index (κ1) is 18.7. The zero-order valence-electron chi connectivity index (χ0n) is 14.6. The van der Waals surface area contributed by atoms with Gasteiger partial charge in [-0.15, -0.1) is 11.8 Å². The van der Waals surface area contributed by atoms with Crippen molar-refractivity contribution >= 4 is 50.2 Å². The van der Waals surface area contributed by atoms with Crippen LogP contribution in [0.5, 0.6) is 5.75 Å². The average Bonchev–Trinajstić information content (AvgIpc) is 2.63. The molecule has 0 aliphatic carbocycles. The number of rotatable bonds is 6. The lowest BCUT2D eigenvalue weighted by Crippen LogP contribution is -2.12. The van der Waals surface area contributed by atoms with Gasteiger partial charge in [-0.05, 0) is 48.9 Å². The number of carbonyl (C=O) groups excluding carboxylic acids is 1. The third-order valence-corrected chi connectivity index (χ3v) is 5.35. The molecule has 0 aliphatic heterocycles. The minimum atomic E-state index is -0.00471. The number of anilines is 1. The topological polar surface area (TPSA) is 51.2 Å². The molecule has 0 atom stereocenters. The monoisotopic (exact) mass is 430 g/mol. The fraction of sp³-hybridized carbons (Fsp3) is 0.200. The van der Waals surface area contributed by atoms with Gasteiger partial charge in [0.25, 0.3) is 0 Å². The molecule has 6 heteroatoms. The van der Waals surface area contributed by atoms with Crippen molar-refractivity contribution in [3.63, 3.8) is 0 Å². The molecule has 4 nitrogen and oxygen atoms in total. The largest absolute Gasteiger partial charge is 0.494 e. The first-order chi connectivity index (χ1) is 12.6. The van der Waals surface area contributed by atoms with Gasteiger partial charge < -0.3 is 10.1 Å². The molecule has 0 saturated heterocycles. The van der Waals surface area contributed by atoms with E-state index in [1.54, 1.807) is 18.9 Å². The first-order valence-corrected chi connectivity index (χ1v) is 9.97. The molecule has 0 unspecified atom stereocenters. The minimum Gasteiger partial charge on any atom is -0.494 e. The molecule has 134 valence electrons. The molecule has 26 heavy (non-hydrogen) atoms. The van der Waals surface area contributed by atoms with Crippen LogP contribution in [0.15, 0.2) is 58.0 Å². The van der Waals surface area contributed by atoms with E-state index in [2.05, 4.69) is 34.2 Å². The normalized spacial score (nSPS) is 10.7. The predicted octanol–water partition coefficient (Wildman–Crippen LogP) is 5.44. The Morgan fingerprint density at radius 2 is 2.00 bits per heavy atom. The third-order valence-electron chi connectivity index (χ3n) is 3.91. The van der Waals surface area contributed by atoms with Crippen LogP contribution in [-0.2, 0) is 4.79 Å². The number of aromatic nitrogens is 1. The number of nitrogens with one attached hydrogen (secondary N) is 1. The van der Waals surface area contributed by atoms with Gasteiger partial charge in [-0.25, -0.2) is 4.98 Å². The lowest BCUT2D eigenvalue weighted by Gasteiger charge is -2.09. The van der Waals surface area contributed by atoms with Crippen molar-refractivity contribution in [3.8, 4) is 5.75 Å². The van der Waals surface area contributed by atoms with Crippen LogP contribution in [-0.4, -0.2) is 23.8 Å². The average molecular weight is 431 g/mol. The Kier molecular flexibility index (Phi) is 6.16. The van der Waals surface area contributed by atoms with E-state index in [1.807, 2.05) is 42.5 Å². The van der Waals surface area contributed by atoms with Crippen molar-refractivity contribution in [2.75, 3.05) is 18.2 Å². The van der Waals surface area contributed by atoms with Crippen LogP contribution in [0.25, 0.3) is 10.9 Å². The SMILES string of the molecule is COc1cccc2c(C)cc(SCCC(=O)Nc3ccc(Br)cc3)nc12. The second-order valence-corrected chi connectivity index (χ2v) is 7.82. The molecule has 3 rings (SSSR count). The number of hydrogen-bond acceptors (Lipinski definition) is 4. The second-order valence-electron chi connectivity index (χ2n) is 5.79. The number of ether oxygens (including phenoxy) is 1. The maximum absolute atomic E-state index is 12.1. The van der Waals surface area contributed by atoms with Gasteiger partial charge in [-0.3, -0.25) is 4.79 Å². The Hall–Kier alpha value is -2.05. The van der Waals surface area contributed by atoms with E-state index in [4.69, 9.17) is 9.72 Å². The van der Waals surface area contributed by atoms with Gasteiger partial charge in [-0.1, -0.05) is 28.1 Å². The van der Waals surface area contributed by atoms with E-state index in [-0.39, 0.29) is 5.91 Å². The number of carbonyl (C=O) groups is 1. The summed E-state index contributed by atoms with van der Waals surface area (Å²) in [5, 5.41) is 4.89. The standard InChI is InChI=1S/C20H19BrN2O2S/c1-13-12-19(23-20-16(13)4-3-5-17(20)25-2)26-11-10-18(24)22-15-8-6-14(21)7-9-15/h3-9,12H,10-11H2,1-2H3,(H,22,24). The molecule has 0 aliphatic rings. The molecular formula is C20H19BrN2O2S. The van der Waals surface area contributed by atoms with Crippen molar-refractivity contribution in [1.29, 1.82) is 0 Å². The van der Waals surface area contributed by atoms with E-state index >= 15 is 0 Å². The fourth-order valence-corrected chi connectivity index (χ4v) is 3.78. The summed E-state index contributed by atoms with van der Waals surface area (Å²) in [6.07, 6.45) is 0.422. The third kappa shape index (κ3) is 4.56. The van der Waals surface area contributed by atoms with Crippen LogP contribution in [0.4, 0.5) is 5.69 Å². The molecule has 0 saturated carbocycles.